The number of aromatic nitrogens is 2. The van der Waals surface area contributed by atoms with E-state index in [1.165, 1.54) is 11.3 Å². The highest BCUT2D eigenvalue weighted by Gasteiger charge is 2.07. The van der Waals surface area contributed by atoms with Crippen molar-refractivity contribution in [2.24, 2.45) is 0 Å². The molecule has 0 atom stereocenters. The molecule has 27 heavy (non-hydrogen) atoms. The highest BCUT2D eigenvalue weighted by atomic mass is 32.1. The van der Waals surface area contributed by atoms with Crippen LogP contribution in [0.4, 0.5) is 0 Å². The van der Waals surface area contributed by atoms with Crippen molar-refractivity contribution in [1.82, 2.24) is 9.97 Å². The molecule has 4 rings (SSSR count). The monoisotopic (exact) mass is 375 g/mol. The summed E-state index contributed by atoms with van der Waals surface area (Å²) in [5.41, 5.74) is 3.08. The zero-order valence-electron chi connectivity index (χ0n) is 13.7. The summed E-state index contributed by atoms with van der Waals surface area (Å²) in [6.45, 7) is 0. The Morgan fingerprint density at radius 1 is 1.04 bits per heavy atom. The van der Waals surface area contributed by atoms with Crippen molar-refractivity contribution in [2.45, 2.75) is 0 Å². The van der Waals surface area contributed by atoms with Gasteiger partial charge in [0.2, 0.25) is 0 Å². The van der Waals surface area contributed by atoms with Crippen LogP contribution in [0.5, 0.6) is 0 Å². The molecule has 0 bridgehead atoms. The molecular formula is C20H11N2O4S-. The first kappa shape index (κ1) is 18.1. The molecule has 6 nitrogen and oxygen atoms in total. The molecule has 4 aromatic rings. The van der Waals surface area contributed by atoms with E-state index in [0.29, 0.717) is 16.8 Å². The number of carbonyl (C=O) groups excluding carboxylic acids is 2. The van der Waals surface area contributed by atoms with E-state index in [-0.39, 0.29) is 11.7 Å². The minimum atomic E-state index is -0.983. The lowest BCUT2D eigenvalue weighted by atomic mass is 10.0. The third-order valence-electron chi connectivity index (χ3n) is 3.58. The van der Waals surface area contributed by atoms with Crippen molar-refractivity contribution in [2.75, 3.05) is 0 Å². The smallest absolute Gasteiger partial charge is 0.373 e. The number of carbonyl (C=O) groups is 1. The van der Waals surface area contributed by atoms with Gasteiger partial charge in [0.05, 0.1) is 10.5 Å². The number of hydrogen-bond acceptors (Lipinski definition) is 6. The summed E-state index contributed by atoms with van der Waals surface area (Å²) in [4.78, 5) is 36.6. The summed E-state index contributed by atoms with van der Waals surface area (Å²) in [5, 5.41) is 10.2. The quantitative estimate of drug-likeness (QED) is 0.545. The number of nitrogens with zero attached hydrogens (tertiary/aromatic N) is 2. The Hall–Kier alpha value is -3.67. The first-order valence-electron chi connectivity index (χ1n) is 7.69. The molecule has 0 amide bonds. The van der Waals surface area contributed by atoms with E-state index >= 15 is 0 Å². The Morgan fingerprint density at radius 2 is 1.74 bits per heavy atom. The Labute approximate surface area is 157 Å². The number of pyridine rings is 1. The second-order valence-corrected chi connectivity index (χ2v) is 6.32. The molecule has 0 unspecified atom stereocenters. The molecule has 0 radical (unpaired) electrons. The molecule has 0 aliphatic heterocycles. The fraction of sp³-hybridized carbons (Fsp3) is 0. The normalized spacial score (nSPS) is 9.93. The van der Waals surface area contributed by atoms with Crippen LogP contribution in [0.1, 0.15) is 10.4 Å². The van der Waals surface area contributed by atoms with Gasteiger partial charge in [0.15, 0.2) is 0 Å². The van der Waals surface area contributed by atoms with Gasteiger partial charge in [-0.15, -0.1) is 18.2 Å². The number of hydrogen-bond donors (Lipinski definition) is 1. The van der Waals surface area contributed by atoms with Crippen LogP contribution in [-0.4, -0.2) is 27.2 Å². The average Bonchev–Trinajstić information content (AvgIpc) is 3.13. The number of carboxylic acids is 1. The van der Waals surface area contributed by atoms with E-state index in [4.69, 9.17) is 9.59 Å². The molecule has 2 aromatic carbocycles. The van der Waals surface area contributed by atoms with E-state index in [0.717, 1.165) is 15.2 Å². The minimum Gasteiger partial charge on any atom is -0.479 e. The predicted octanol–water partition coefficient (Wildman–Crippen LogP) is 3.94. The van der Waals surface area contributed by atoms with Crippen LogP contribution < -0.4 is 0 Å². The maximum Gasteiger partial charge on any atom is 0.373 e. The van der Waals surface area contributed by atoms with Gasteiger partial charge in [-0.25, -0.2) is 4.79 Å². The van der Waals surface area contributed by atoms with E-state index in [9.17, 15) is 9.90 Å². The number of carboxylic acid groups (broad SMARTS) is 1. The highest BCUT2D eigenvalue weighted by Crippen LogP contribution is 2.32. The van der Waals surface area contributed by atoms with Crippen molar-refractivity contribution in [1.29, 1.82) is 0 Å². The van der Waals surface area contributed by atoms with E-state index in [1.807, 2.05) is 42.5 Å². The van der Waals surface area contributed by atoms with E-state index in [1.54, 1.807) is 18.3 Å². The Kier molecular flexibility index (Phi) is 5.47. The van der Waals surface area contributed by atoms with Crippen molar-refractivity contribution in [3.05, 3.63) is 72.4 Å². The largest absolute Gasteiger partial charge is 0.479 e. The van der Waals surface area contributed by atoms with E-state index < -0.39 is 5.97 Å². The summed E-state index contributed by atoms with van der Waals surface area (Å²) in [6, 6.07) is 19.8. The molecule has 0 aliphatic carbocycles. The van der Waals surface area contributed by atoms with Crippen molar-refractivity contribution < 1.29 is 19.5 Å². The van der Waals surface area contributed by atoms with Crippen LogP contribution in [0.25, 0.3) is 32.0 Å². The predicted molar refractivity (Wildman–Crippen MR) is 99.1 cm³/mol. The minimum absolute atomic E-state index is 0.198. The topological polar surface area (TPSA) is 97.2 Å². The zero-order valence-corrected chi connectivity index (χ0v) is 14.6. The molecule has 7 heteroatoms. The van der Waals surface area contributed by atoms with E-state index in [2.05, 4.69) is 16.0 Å². The molecular weight excluding hydrogens is 364 g/mol. The molecule has 0 spiro atoms. The van der Waals surface area contributed by atoms with Crippen LogP contribution in [0, 0.1) is 6.07 Å². The van der Waals surface area contributed by atoms with Gasteiger partial charge in [0.25, 0.3) is 0 Å². The number of fused-ring (bicyclic) bond motifs is 1. The molecule has 132 valence electrons. The Bertz CT molecular complexity index is 1100. The number of rotatable bonds is 3. The van der Waals surface area contributed by atoms with Gasteiger partial charge in [0.1, 0.15) is 0 Å². The highest BCUT2D eigenvalue weighted by molar-refractivity contribution is 7.21. The van der Waals surface area contributed by atoms with Crippen molar-refractivity contribution in [3.8, 4) is 21.8 Å². The van der Waals surface area contributed by atoms with Crippen LogP contribution in [0.2, 0.25) is 0 Å². The first-order valence-corrected chi connectivity index (χ1v) is 8.51. The first-order chi connectivity index (χ1) is 13.1. The lowest BCUT2D eigenvalue weighted by Crippen LogP contribution is -1.98. The molecule has 1 N–H and O–H groups in total. The van der Waals surface area contributed by atoms with Gasteiger partial charge in [-0.2, -0.15) is 20.9 Å². The third kappa shape index (κ3) is 4.12. The molecule has 0 saturated heterocycles. The number of para-hydroxylation sites is 1. The third-order valence-corrected chi connectivity index (χ3v) is 4.65. The molecule has 2 aromatic heterocycles. The number of aromatic carboxylic acids is 1. The second-order valence-electron chi connectivity index (χ2n) is 5.29. The lowest BCUT2D eigenvalue weighted by molar-refractivity contribution is -0.191. The molecule has 2 heterocycles. The molecule has 0 fully saturated rings. The Morgan fingerprint density at radius 3 is 2.41 bits per heavy atom. The summed E-state index contributed by atoms with van der Waals surface area (Å²) in [7, 11) is 0. The SMILES string of the molecule is O=C(O)c1cc(-c2ccccn2)[c-]c(-c2nc3ccccc3s2)c1.O=C=O. The maximum absolute atomic E-state index is 11.5. The summed E-state index contributed by atoms with van der Waals surface area (Å²) in [6.07, 6.45) is 1.92. The van der Waals surface area contributed by atoms with Crippen molar-refractivity contribution in [3.63, 3.8) is 0 Å². The average molecular weight is 375 g/mol. The second kappa shape index (κ2) is 8.14. The van der Waals surface area contributed by atoms with Crippen LogP contribution in [-0.2, 0) is 9.59 Å². The van der Waals surface area contributed by atoms with Gasteiger partial charge in [-0.3, -0.25) is 9.97 Å². The zero-order chi connectivity index (χ0) is 19.2. The summed E-state index contributed by atoms with van der Waals surface area (Å²) >= 11 is 1.52. The molecule has 0 saturated carbocycles. The Balaban J connectivity index is 0.000000659. The fourth-order valence-corrected chi connectivity index (χ4v) is 3.39. The maximum atomic E-state index is 11.5. The molecule has 0 aliphatic rings. The van der Waals surface area contributed by atoms with Crippen LogP contribution >= 0.6 is 11.3 Å². The van der Waals surface area contributed by atoms with Gasteiger partial charge in [-0.05, 0) is 23.8 Å². The number of benzene rings is 2. The summed E-state index contributed by atoms with van der Waals surface area (Å²) < 4.78 is 1.06. The van der Waals surface area contributed by atoms with Gasteiger partial charge < -0.3 is 5.11 Å². The summed E-state index contributed by atoms with van der Waals surface area (Å²) in [5.74, 6) is -0.983. The van der Waals surface area contributed by atoms with Gasteiger partial charge in [-0.1, -0.05) is 35.4 Å². The van der Waals surface area contributed by atoms with Crippen molar-refractivity contribution >= 4 is 33.7 Å². The van der Waals surface area contributed by atoms with Gasteiger partial charge in [0, 0.05) is 16.6 Å². The van der Waals surface area contributed by atoms with Crippen LogP contribution in [0.3, 0.4) is 0 Å². The number of thiazole rings is 1. The standard InChI is InChI=1S/C19H11N2O2S.CO2/c22-19(23)14-10-12(15-5-3-4-8-20-15)9-13(11-14)18-21-16-6-1-2-7-17(16)24-18;2-1-3/h1-8,10-11H,(H,22,23);/q-1;. The van der Waals surface area contributed by atoms with Gasteiger partial charge >= 0.3 is 12.1 Å². The lowest BCUT2D eigenvalue weighted by Gasteiger charge is -2.12. The van der Waals surface area contributed by atoms with Crippen LogP contribution in [0.15, 0.2) is 60.8 Å². The fourth-order valence-electron chi connectivity index (χ4n) is 2.46.